The molecule has 5 nitrogen and oxygen atoms in total. The van der Waals surface area contributed by atoms with E-state index in [0.29, 0.717) is 12.2 Å². The highest BCUT2D eigenvalue weighted by Crippen LogP contribution is 2.26. The molecule has 1 aliphatic heterocycles. The van der Waals surface area contributed by atoms with Gasteiger partial charge >= 0.3 is 0 Å². The Bertz CT molecular complexity index is 732. The Morgan fingerprint density at radius 3 is 2.77 bits per heavy atom. The van der Waals surface area contributed by atoms with Crippen LogP contribution in [0.15, 0.2) is 36.7 Å². The molecule has 0 radical (unpaired) electrons. The Balaban J connectivity index is 1.66. The maximum absolute atomic E-state index is 12.6. The largest absolute Gasteiger partial charge is 0.488 e. The number of benzene rings is 1. The van der Waals surface area contributed by atoms with Crippen LogP contribution in [0.2, 0.25) is 0 Å². The molecule has 1 fully saturated rings. The molecule has 0 aliphatic carbocycles. The fraction of sp³-hybridized carbons (Fsp3) is 0.429. The van der Waals surface area contributed by atoms with Crippen molar-refractivity contribution in [1.82, 2.24) is 10.3 Å². The van der Waals surface area contributed by atoms with E-state index in [4.69, 9.17) is 9.47 Å². The van der Waals surface area contributed by atoms with E-state index >= 15 is 0 Å². The van der Waals surface area contributed by atoms with Crippen LogP contribution in [0.25, 0.3) is 0 Å². The van der Waals surface area contributed by atoms with E-state index < -0.39 is 0 Å². The second-order valence-corrected chi connectivity index (χ2v) is 6.90. The summed E-state index contributed by atoms with van der Waals surface area (Å²) in [6, 6.07) is 7.63. The van der Waals surface area contributed by atoms with Crippen LogP contribution in [0, 0.1) is 13.8 Å². The minimum absolute atomic E-state index is 0.00659. The van der Waals surface area contributed by atoms with Crippen LogP contribution in [0.5, 0.6) is 5.75 Å². The number of ether oxygens (including phenoxy) is 2. The molecule has 1 amide bonds. The summed E-state index contributed by atoms with van der Waals surface area (Å²) in [4.78, 5) is 16.7. The SMILES string of the molecule is Cc1cc(C(=O)N[C@@H](C)[C@@H]2CCCO2)cc(C)c1OCc1cccnc1. The van der Waals surface area contributed by atoms with Crippen molar-refractivity contribution in [3.63, 3.8) is 0 Å². The number of hydrogen-bond donors (Lipinski definition) is 1. The highest BCUT2D eigenvalue weighted by molar-refractivity contribution is 5.95. The summed E-state index contributed by atoms with van der Waals surface area (Å²) in [6.45, 7) is 7.17. The molecular formula is C21H26N2O3. The Hall–Kier alpha value is -2.40. The first-order valence-corrected chi connectivity index (χ1v) is 9.10. The van der Waals surface area contributed by atoms with E-state index in [9.17, 15) is 4.79 Å². The van der Waals surface area contributed by atoms with Gasteiger partial charge in [-0.1, -0.05) is 6.07 Å². The number of nitrogens with zero attached hydrogens (tertiary/aromatic N) is 1. The number of amides is 1. The lowest BCUT2D eigenvalue weighted by atomic mass is 10.0. The quantitative estimate of drug-likeness (QED) is 0.861. The normalized spacial score (nSPS) is 17.7. The van der Waals surface area contributed by atoms with Gasteiger partial charge in [-0.3, -0.25) is 9.78 Å². The van der Waals surface area contributed by atoms with Crippen LogP contribution in [0.3, 0.4) is 0 Å². The summed E-state index contributed by atoms with van der Waals surface area (Å²) in [5.74, 6) is 0.746. The molecule has 1 aromatic heterocycles. The van der Waals surface area contributed by atoms with Crippen LogP contribution in [0.1, 0.15) is 46.8 Å². The van der Waals surface area contributed by atoms with Crippen LogP contribution < -0.4 is 10.1 Å². The fourth-order valence-electron chi connectivity index (χ4n) is 3.33. The van der Waals surface area contributed by atoms with E-state index in [1.165, 1.54) is 0 Å². The molecule has 1 saturated heterocycles. The summed E-state index contributed by atoms with van der Waals surface area (Å²) in [5.41, 5.74) is 3.56. The van der Waals surface area contributed by atoms with E-state index in [2.05, 4.69) is 10.3 Å². The number of pyridine rings is 1. The molecule has 0 bridgehead atoms. The molecule has 26 heavy (non-hydrogen) atoms. The zero-order valence-corrected chi connectivity index (χ0v) is 15.6. The Kier molecular flexibility index (Phi) is 5.89. The van der Waals surface area contributed by atoms with Crippen LogP contribution in [-0.2, 0) is 11.3 Å². The average Bonchev–Trinajstić information content (AvgIpc) is 3.16. The average molecular weight is 354 g/mol. The van der Waals surface area contributed by atoms with Crippen molar-refractivity contribution in [1.29, 1.82) is 0 Å². The highest BCUT2D eigenvalue weighted by atomic mass is 16.5. The van der Waals surface area contributed by atoms with Crippen molar-refractivity contribution < 1.29 is 14.3 Å². The standard InChI is InChI=1S/C21H26N2O3/c1-14-10-18(21(24)23-16(3)19-7-5-9-25-19)11-15(2)20(14)26-13-17-6-4-8-22-12-17/h4,6,8,10-12,16,19H,5,7,9,13H2,1-3H3,(H,23,24)/t16-,19-/m0/s1. The second-order valence-electron chi connectivity index (χ2n) is 6.90. The third-order valence-electron chi connectivity index (χ3n) is 4.71. The molecule has 1 N–H and O–H groups in total. The summed E-state index contributed by atoms with van der Waals surface area (Å²) in [6.07, 6.45) is 5.71. The van der Waals surface area contributed by atoms with E-state index in [-0.39, 0.29) is 18.1 Å². The predicted octanol–water partition coefficient (Wildman–Crippen LogP) is 3.57. The van der Waals surface area contributed by atoms with Crippen molar-refractivity contribution in [2.24, 2.45) is 0 Å². The summed E-state index contributed by atoms with van der Waals surface area (Å²) in [7, 11) is 0. The number of aryl methyl sites for hydroxylation is 2. The van der Waals surface area contributed by atoms with Gasteiger partial charge in [0.25, 0.3) is 5.91 Å². The first-order chi connectivity index (χ1) is 12.5. The zero-order valence-electron chi connectivity index (χ0n) is 15.6. The molecule has 2 atom stereocenters. The molecule has 138 valence electrons. The van der Waals surface area contributed by atoms with Crippen LogP contribution in [0.4, 0.5) is 0 Å². The molecule has 3 rings (SSSR count). The molecule has 2 heterocycles. The van der Waals surface area contributed by atoms with Gasteiger partial charge in [-0.15, -0.1) is 0 Å². The number of hydrogen-bond acceptors (Lipinski definition) is 4. The molecule has 0 saturated carbocycles. The van der Waals surface area contributed by atoms with Crippen molar-refractivity contribution in [3.05, 3.63) is 58.9 Å². The lowest BCUT2D eigenvalue weighted by Crippen LogP contribution is -2.40. The smallest absolute Gasteiger partial charge is 0.251 e. The number of carbonyl (C=O) groups is 1. The van der Waals surface area contributed by atoms with Gasteiger partial charge in [0.2, 0.25) is 0 Å². The first kappa shape index (κ1) is 18.4. The topological polar surface area (TPSA) is 60.5 Å². The molecule has 2 aromatic rings. The number of aromatic nitrogens is 1. The van der Waals surface area contributed by atoms with Gasteiger partial charge in [0.1, 0.15) is 12.4 Å². The minimum atomic E-state index is -0.0713. The first-order valence-electron chi connectivity index (χ1n) is 9.10. The maximum atomic E-state index is 12.6. The monoisotopic (exact) mass is 354 g/mol. The number of rotatable bonds is 6. The molecule has 0 spiro atoms. The third kappa shape index (κ3) is 4.41. The van der Waals surface area contributed by atoms with Gasteiger partial charge in [-0.25, -0.2) is 0 Å². The van der Waals surface area contributed by atoms with Gasteiger partial charge in [0.15, 0.2) is 0 Å². The molecule has 5 heteroatoms. The zero-order chi connectivity index (χ0) is 18.5. The molecule has 1 aliphatic rings. The van der Waals surface area contributed by atoms with E-state index in [1.54, 1.807) is 12.4 Å². The fourth-order valence-corrected chi connectivity index (χ4v) is 3.33. The van der Waals surface area contributed by atoms with Gasteiger partial charge in [0.05, 0.1) is 12.1 Å². The van der Waals surface area contributed by atoms with E-state index in [0.717, 1.165) is 41.9 Å². The van der Waals surface area contributed by atoms with Crippen molar-refractivity contribution >= 4 is 5.91 Å². The van der Waals surface area contributed by atoms with E-state index in [1.807, 2.05) is 45.0 Å². The van der Waals surface area contributed by atoms with Crippen LogP contribution in [-0.4, -0.2) is 29.6 Å². The third-order valence-corrected chi connectivity index (χ3v) is 4.71. The van der Waals surface area contributed by atoms with Gasteiger partial charge in [0, 0.05) is 30.1 Å². The Morgan fingerprint density at radius 1 is 1.38 bits per heavy atom. The maximum Gasteiger partial charge on any atom is 0.251 e. The molecule has 0 unspecified atom stereocenters. The summed E-state index contributed by atoms with van der Waals surface area (Å²) < 4.78 is 11.6. The summed E-state index contributed by atoms with van der Waals surface area (Å²) in [5, 5.41) is 3.06. The van der Waals surface area contributed by atoms with Gasteiger partial charge in [-0.2, -0.15) is 0 Å². The molecule has 1 aromatic carbocycles. The van der Waals surface area contributed by atoms with Gasteiger partial charge < -0.3 is 14.8 Å². The number of carbonyl (C=O) groups excluding carboxylic acids is 1. The van der Waals surface area contributed by atoms with Gasteiger partial charge in [-0.05, 0) is 62.9 Å². The predicted molar refractivity (Wildman–Crippen MR) is 100 cm³/mol. The second kappa shape index (κ2) is 8.32. The highest BCUT2D eigenvalue weighted by Gasteiger charge is 2.24. The Morgan fingerprint density at radius 2 is 2.15 bits per heavy atom. The minimum Gasteiger partial charge on any atom is -0.488 e. The van der Waals surface area contributed by atoms with Crippen molar-refractivity contribution in [2.75, 3.05) is 6.61 Å². The van der Waals surface area contributed by atoms with Crippen LogP contribution >= 0.6 is 0 Å². The Labute approximate surface area is 154 Å². The molecular weight excluding hydrogens is 328 g/mol. The number of nitrogens with one attached hydrogen (secondary N) is 1. The lowest BCUT2D eigenvalue weighted by Gasteiger charge is -2.20. The summed E-state index contributed by atoms with van der Waals surface area (Å²) >= 11 is 0. The van der Waals surface area contributed by atoms with Crippen molar-refractivity contribution in [2.45, 2.75) is 52.4 Å². The van der Waals surface area contributed by atoms with Crippen molar-refractivity contribution in [3.8, 4) is 5.75 Å². The lowest BCUT2D eigenvalue weighted by molar-refractivity contribution is 0.0712.